The molecule has 6 rings (SSSR count). The second-order valence-electron chi connectivity index (χ2n) is 7.65. The van der Waals surface area contributed by atoms with E-state index in [0.717, 1.165) is 23.1 Å². The van der Waals surface area contributed by atoms with E-state index >= 15 is 0 Å². The van der Waals surface area contributed by atoms with Gasteiger partial charge >= 0.3 is 0 Å². The van der Waals surface area contributed by atoms with Gasteiger partial charge in [-0.3, -0.25) is 4.98 Å². The Bertz CT molecular complexity index is 1350. The zero-order valence-electron chi connectivity index (χ0n) is 16.8. The molecule has 0 fully saturated rings. The zero-order valence-corrected chi connectivity index (χ0v) is 16.8. The first-order chi connectivity index (χ1) is 15.8. The van der Waals surface area contributed by atoms with Crippen LogP contribution in [0.2, 0.25) is 0 Å². The van der Waals surface area contributed by atoms with Crippen molar-refractivity contribution < 1.29 is 8.91 Å². The number of aromatic nitrogens is 3. The number of hydrogen-bond acceptors (Lipinski definition) is 7. The number of benzene rings is 2. The third-order valence-electron chi connectivity index (χ3n) is 5.72. The third kappa shape index (κ3) is 3.08. The minimum absolute atomic E-state index is 0.320. The highest BCUT2D eigenvalue weighted by atomic mass is 19.1. The van der Waals surface area contributed by atoms with Gasteiger partial charge in [-0.2, -0.15) is 10.1 Å². The molecule has 2 unspecified atom stereocenters. The molecule has 0 saturated heterocycles. The number of fused-ring (bicyclic) bond motifs is 1. The van der Waals surface area contributed by atoms with E-state index < -0.39 is 12.1 Å². The number of hydrogen-bond donors (Lipinski definition) is 0. The zero-order chi connectivity index (χ0) is 21.5. The van der Waals surface area contributed by atoms with Crippen LogP contribution in [0.1, 0.15) is 34.7 Å². The van der Waals surface area contributed by atoms with Gasteiger partial charge in [0.05, 0.1) is 5.69 Å². The van der Waals surface area contributed by atoms with Gasteiger partial charge in [-0.1, -0.05) is 46.8 Å². The van der Waals surface area contributed by atoms with Gasteiger partial charge in [-0.25, -0.2) is 9.40 Å². The molecule has 32 heavy (non-hydrogen) atoms. The van der Waals surface area contributed by atoms with E-state index in [2.05, 4.69) is 49.7 Å². The molecule has 0 N–H and O–H groups in total. The summed E-state index contributed by atoms with van der Waals surface area (Å²) in [5.41, 5.74) is 4.49. The predicted molar refractivity (Wildman–Crippen MR) is 116 cm³/mol. The van der Waals surface area contributed by atoms with Crippen LogP contribution in [0, 0.1) is 5.82 Å². The van der Waals surface area contributed by atoms with Gasteiger partial charge in [0, 0.05) is 18.0 Å². The molecule has 0 radical (unpaired) electrons. The SMILES string of the molecule is Fc1ccccc1N1N=NC(c2nc(-c3ccc4c(c3)C=CC4)no2)C1c1ccncc1. The van der Waals surface area contributed by atoms with Gasteiger partial charge in [0.1, 0.15) is 11.9 Å². The Kier molecular flexibility index (Phi) is 4.34. The standard InChI is InChI=1S/C24H17FN6O/c25-19-6-1-2-7-20(19)31-22(16-10-12-26-13-11-16)21(28-30-31)24-27-23(29-32-24)18-9-8-15-4-3-5-17(15)14-18/h1-3,5-14,21-22H,4H2. The average molecular weight is 424 g/mol. The molecule has 1 aliphatic carbocycles. The van der Waals surface area contributed by atoms with Crippen molar-refractivity contribution in [3.8, 4) is 11.4 Å². The molecule has 0 spiro atoms. The lowest BCUT2D eigenvalue weighted by Crippen LogP contribution is -2.24. The van der Waals surface area contributed by atoms with E-state index in [0.29, 0.717) is 17.4 Å². The van der Waals surface area contributed by atoms with Crippen LogP contribution in [-0.4, -0.2) is 15.1 Å². The summed E-state index contributed by atoms with van der Waals surface area (Å²) >= 11 is 0. The Morgan fingerprint density at radius 2 is 1.91 bits per heavy atom. The molecule has 8 heteroatoms. The fourth-order valence-corrected chi connectivity index (χ4v) is 4.13. The molecule has 2 aromatic heterocycles. The molecule has 7 nitrogen and oxygen atoms in total. The molecule has 4 aromatic rings. The Hall–Kier alpha value is -4.20. The first-order valence-corrected chi connectivity index (χ1v) is 10.3. The monoisotopic (exact) mass is 424 g/mol. The summed E-state index contributed by atoms with van der Waals surface area (Å²) in [6.45, 7) is 0. The quantitative estimate of drug-likeness (QED) is 0.432. The van der Waals surface area contributed by atoms with Crippen molar-refractivity contribution >= 4 is 11.8 Å². The summed E-state index contributed by atoms with van der Waals surface area (Å²) < 4.78 is 20.2. The van der Waals surface area contributed by atoms with Crippen LogP contribution in [0.5, 0.6) is 0 Å². The minimum Gasteiger partial charge on any atom is -0.336 e. The van der Waals surface area contributed by atoms with Crippen LogP contribution in [0.4, 0.5) is 10.1 Å². The summed E-state index contributed by atoms with van der Waals surface area (Å²) in [7, 11) is 0. The Labute approximate surface area is 182 Å². The van der Waals surface area contributed by atoms with Crippen molar-refractivity contribution in [2.75, 3.05) is 5.01 Å². The van der Waals surface area contributed by atoms with Crippen LogP contribution in [0.15, 0.2) is 87.9 Å². The molecule has 0 amide bonds. The number of anilines is 1. The van der Waals surface area contributed by atoms with Crippen LogP contribution in [0.25, 0.3) is 17.5 Å². The van der Waals surface area contributed by atoms with E-state index in [-0.39, 0.29) is 5.82 Å². The van der Waals surface area contributed by atoms with Crippen LogP contribution >= 0.6 is 0 Å². The number of para-hydroxylation sites is 1. The largest absolute Gasteiger partial charge is 0.336 e. The maximum atomic E-state index is 14.6. The highest BCUT2D eigenvalue weighted by molar-refractivity contribution is 5.67. The van der Waals surface area contributed by atoms with Crippen molar-refractivity contribution in [2.24, 2.45) is 10.3 Å². The molecule has 3 heterocycles. The lowest BCUT2D eigenvalue weighted by Gasteiger charge is -2.24. The lowest BCUT2D eigenvalue weighted by atomic mass is 10.00. The number of halogens is 1. The molecule has 2 aromatic carbocycles. The van der Waals surface area contributed by atoms with Gasteiger partial charge < -0.3 is 4.52 Å². The van der Waals surface area contributed by atoms with E-state index in [1.807, 2.05) is 18.2 Å². The summed E-state index contributed by atoms with van der Waals surface area (Å²) in [6.07, 6.45) is 8.53. The van der Waals surface area contributed by atoms with Crippen molar-refractivity contribution in [3.63, 3.8) is 0 Å². The second-order valence-corrected chi connectivity index (χ2v) is 7.65. The number of allylic oxidation sites excluding steroid dienone is 1. The predicted octanol–water partition coefficient (Wildman–Crippen LogP) is 5.51. The summed E-state index contributed by atoms with van der Waals surface area (Å²) in [5.74, 6) is 0.417. The van der Waals surface area contributed by atoms with Crippen LogP contribution in [-0.2, 0) is 6.42 Å². The van der Waals surface area contributed by atoms with Gasteiger partial charge in [0.2, 0.25) is 5.82 Å². The van der Waals surface area contributed by atoms with Gasteiger partial charge in [-0.05, 0) is 53.4 Å². The fourth-order valence-electron chi connectivity index (χ4n) is 4.13. The maximum absolute atomic E-state index is 14.6. The number of rotatable bonds is 4. The maximum Gasteiger partial charge on any atom is 0.256 e. The van der Waals surface area contributed by atoms with Crippen molar-refractivity contribution in [1.82, 2.24) is 15.1 Å². The van der Waals surface area contributed by atoms with Crippen molar-refractivity contribution in [3.05, 3.63) is 101 Å². The fraction of sp³-hybridized carbons (Fsp3) is 0.125. The highest BCUT2D eigenvalue weighted by Gasteiger charge is 2.40. The van der Waals surface area contributed by atoms with E-state index in [4.69, 9.17) is 4.52 Å². The Morgan fingerprint density at radius 1 is 1.03 bits per heavy atom. The van der Waals surface area contributed by atoms with Crippen LogP contribution in [0.3, 0.4) is 0 Å². The second kappa shape index (κ2) is 7.49. The Balaban J connectivity index is 1.38. The minimum atomic E-state index is -0.590. The van der Waals surface area contributed by atoms with E-state index in [1.54, 1.807) is 35.6 Å². The summed E-state index contributed by atoms with van der Waals surface area (Å²) in [4.78, 5) is 8.71. The lowest BCUT2D eigenvalue weighted by molar-refractivity contribution is 0.345. The molecular weight excluding hydrogens is 407 g/mol. The van der Waals surface area contributed by atoms with Crippen molar-refractivity contribution in [1.29, 1.82) is 0 Å². The van der Waals surface area contributed by atoms with E-state index in [1.165, 1.54) is 11.6 Å². The van der Waals surface area contributed by atoms with Gasteiger partial charge in [0.15, 0.2) is 6.04 Å². The third-order valence-corrected chi connectivity index (χ3v) is 5.72. The summed E-state index contributed by atoms with van der Waals surface area (Å²) in [5, 5.41) is 14.4. The molecule has 1 aliphatic heterocycles. The normalized spacial score (nSPS) is 19.0. The first kappa shape index (κ1) is 18.6. The topological polar surface area (TPSA) is 79.8 Å². The highest BCUT2D eigenvalue weighted by Crippen LogP contribution is 2.44. The smallest absolute Gasteiger partial charge is 0.256 e. The molecule has 2 aliphatic rings. The van der Waals surface area contributed by atoms with Gasteiger partial charge in [-0.15, -0.1) is 0 Å². The Morgan fingerprint density at radius 3 is 2.78 bits per heavy atom. The van der Waals surface area contributed by atoms with Crippen molar-refractivity contribution in [2.45, 2.75) is 18.5 Å². The molecule has 156 valence electrons. The molecular formula is C24H17FN6O. The molecule has 2 atom stereocenters. The van der Waals surface area contributed by atoms with Crippen LogP contribution < -0.4 is 5.01 Å². The first-order valence-electron chi connectivity index (χ1n) is 10.3. The number of pyridine rings is 1. The molecule has 0 bridgehead atoms. The van der Waals surface area contributed by atoms with Gasteiger partial charge in [0.25, 0.3) is 5.89 Å². The average Bonchev–Trinajstić information content (AvgIpc) is 3.58. The number of nitrogens with zero attached hydrogens (tertiary/aromatic N) is 6. The summed E-state index contributed by atoms with van der Waals surface area (Å²) in [6, 6.07) is 15.3. The van der Waals surface area contributed by atoms with E-state index in [9.17, 15) is 4.39 Å². The molecule has 0 saturated carbocycles.